The standard InChI is InChI=1S/C21H17BrN4O3/c1-2-28-13-6-3-11(4-7-13)19-18-17(14-9-12(22)5-8-16(14)27)15(10-23)20(24)29-21(18)26-25-19/h3-9,17,27H,2,24H2,1H3,(H,25,26)/t17-/m1/s1. The molecule has 0 saturated carbocycles. The van der Waals surface area contributed by atoms with Crippen molar-refractivity contribution in [3.63, 3.8) is 0 Å². The molecule has 0 unspecified atom stereocenters. The molecule has 146 valence electrons. The number of rotatable bonds is 4. The minimum absolute atomic E-state index is 0.0332. The third-order valence-corrected chi connectivity index (χ3v) is 5.19. The fourth-order valence-electron chi connectivity index (χ4n) is 3.42. The van der Waals surface area contributed by atoms with Crippen LogP contribution in [0.2, 0.25) is 0 Å². The van der Waals surface area contributed by atoms with Gasteiger partial charge in [0, 0.05) is 15.6 Å². The maximum atomic E-state index is 10.5. The highest BCUT2D eigenvalue weighted by molar-refractivity contribution is 9.10. The number of hydrogen-bond acceptors (Lipinski definition) is 6. The Morgan fingerprint density at radius 1 is 1.31 bits per heavy atom. The fourth-order valence-corrected chi connectivity index (χ4v) is 3.80. The van der Waals surface area contributed by atoms with E-state index < -0.39 is 5.92 Å². The summed E-state index contributed by atoms with van der Waals surface area (Å²) in [6.07, 6.45) is 0. The van der Waals surface area contributed by atoms with Gasteiger partial charge in [0.05, 0.1) is 23.8 Å². The SMILES string of the molecule is CCOc1ccc(-c2[nH]nc3c2[C@H](c2cc(Br)ccc2O)C(C#N)=C(N)O3)cc1. The predicted molar refractivity (Wildman–Crippen MR) is 110 cm³/mol. The second-order valence-corrected chi connectivity index (χ2v) is 7.32. The van der Waals surface area contributed by atoms with Gasteiger partial charge in [0.1, 0.15) is 23.1 Å². The number of aromatic amines is 1. The van der Waals surface area contributed by atoms with E-state index in [0.29, 0.717) is 23.4 Å². The number of hydrogen-bond donors (Lipinski definition) is 3. The maximum absolute atomic E-state index is 10.5. The van der Waals surface area contributed by atoms with Crippen LogP contribution in [-0.4, -0.2) is 21.9 Å². The third-order valence-electron chi connectivity index (χ3n) is 4.69. The molecule has 2 heterocycles. The van der Waals surface area contributed by atoms with E-state index in [2.05, 4.69) is 32.2 Å². The van der Waals surface area contributed by atoms with E-state index in [-0.39, 0.29) is 23.1 Å². The number of phenolic OH excluding ortho intramolecular Hbond substituents is 1. The van der Waals surface area contributed by atoms with Crippen molar-refractivity contribution in [3.8, 4) is 34.7 Å². The second-order valence-electron chi connectivity index (χ2n) is 6.40. The highest BCUT2D eigenvalue weighted by Gasteiger charge is 2.37. The van der Waals surface area contributed by atoms with Gasteiger partial charge in [0.25, 0.3) is 0 Å². The number of nitriles is 1. The lowest BCUT2D eigenvalue weighted by Gasteiger charge is -2.24. The van der Waals surface area contributed by atoms with E-state index in [1.54, 1.807) is 18.2 Å². The number of nitrogens with two attached hydrogens (primary N) is 1. The number of nitrogens with one attached hydrogen (secondary N) is 1. The molecule has 4 N–H and O–H groups in total. The molecule has 8 heteroatoms. The van der Waals surface area contributed by atoms with Crippen LogP contribution in [0.3, 0.4) is 0 Å². The Morgan fingerprint density at radius 3 is 2.76 bits per heavy atom. The number of phenols is 1. The number of allylic oxidation sites excluding steroid dienone is 1. The summed E-state index contributed by atoms with van der Waals surface area (Å²) in [7, 11) is 0. The molecule has 1 atom stereocenters. The van der Waals surface area contributed by atoms with Crippen molar-refractivity contribution in [2.75, 3.05) is 6.61 Å². The van der Waals surface area contributed by atoms with Crippen LogP contribution in [0.4, 0.5) is 0 Å². The number of aromatic nitrogens is 2. The highest BCUT2D eigenvalue weighted by Crippen LogP contribution is 2.48. The van der Waals surface area contributed by atoms with E-state index in [0.717, 1.165) is 15.8 Å². The van der Waals surface area contributed by atoms with Gasteiger partial charge in [-0.05, 0) is 49.4 Å². The number of benzene rings is 2. The minimum atomic E-state index is -0.637. The van der Waals surface area contributed by atoms with Crippen molar-refractivity contribution in [1.29, 1.82) is 5.26 Å². The summed E-state index contributed by atoms with van der Waals surface area (Å²) >= 11 is 3.43. The summed E-state index contributed by atoms with van der Waals surface area (Å²) in [5, 5.41) is 27.5. The number of ether oxygens (including phenoxy) is 2. The topological polar surface area (TPSA) is 117 Å². The molecule has 29 heavy (non-hydrogen) atoms. The largest absolute Gasteiger partial charge is 0.508 e. The minimum Gasteiger partial charge on any atom is -0.508 e. The van der Waals surface area contributed by atoms with Gasteiger partial charge in [0.2, 0.25) is 11.8 Å². The van der Waals surface area contributed by atoms with Crippen molar-refractivity contribution < 1.29 is 14.6 Å². The number of nitrogens with zero attached hydrogens (tertiary/aromatic N) is 2. The molecule has 0 bridgehead atoms. The summed E-state index contributed by atoms with van der Waals surface area (Å²) in [5.41, 5.74) is 8.87. The zero-order chi connectivity index (χ0) is 20.5. The Labute approximate surface area is 175 Å². The summed E-state index contributed by atoms with van der Waals surface area (Å²) in [6, 6.07) is 14.7. The normalized spacial score (nSPS) is 15.4. The summed E-state index contributed by atoms with van der Waals surface area (Å²) < 4.78 is 11.9. The van der Waals surface area contributed by atoms with Crippen LogP contribution >= 0.6 is 15.9 Å². The molecule has 3 aromatic rings. The number of fused-ring (bicyclic) bond motifs is 1. The van der Waals surface area contributed by atoms with Crippen LogP contribution in [0.25, 0.3) is 11.3 Å². The molecular weight excluding hydrogens is 436 g/mol. The third kappa shape index (κ3) is 3.30. The molecule has 0 spiro atoms. The molecule has 0 radical (unpaired) electrons. The first-order valence-electron chi connectivity index (χ1n) is 8.91. The molecule has 4 rings (SSSR count). The Morgan fingerprint density at radius 2 is 2.07 bits per heavy atom. The first-order chi connectivity index (χ1) is 14.0. The van der Waals surface area contributed by atoms with Gasteiger partial charge in [0.15, 0.2) is 0 Å². The van der Waals surface area contributed by atoms with Crippen molar-refractivity contribution in [3.05, 3.63) is 69.5 Å². The second kappa shape index (κ2) is 7.53. The zero-order valence-electron chi connectivity index (χ0n) is 15.4. The molecule has 1 aromatic heterocycles. The van der Waals surface area contributed by atoms with Crippen molar-refractivity contribution in [1.82, 2.24) is 10.2 Å². The predicted octanol–water partition coefficient (Wildman–Crippen LogP) is 4.16. The van der Waals surface area contributed by atoms with Gasteiger partial charge in [-0.25, -0.2) is 0 Å². The fraction of sp³-hybridized carbons (Fsp3) is 0.143. The van der Waals surface area contributed by atoms with E-state index in [4.69, 9.17) is 15.2 Å². The van der Waals surface area contributed by atoms with Crippen LogP contribution in [0, 0.1) is 11.3 Å². The van der Waals surface area contributed by atoms with E-state index in [9.17, 15) is 10.4 Å². The molecule has 1 aliphatic rings. The van der Waals surface area contributed by atoms with Crippen molar-refractivity contribution >= 4 is 15.9 Å². The van der Waals surface area contributed by atoms with Crippen LogP contribution in [0.15, 0.2) is 58.4 Å². The van der Waals surface area contributed by atoms with Gasteiger partial charge in [-0.2, -0.15) is 5.26 Å². The van der Waals surface area contributed by atoms with Crippen LogP contribution in [-0.2, 0) is 0 Å². The van der Waals surface area contributed by atoms with Crippen molar-refractivity contribution in [2.45, 2.75) is 12.8 Å². The Kier molecular flexibility index (Phi) is 4.91. The number of H-pyrrole nitrogens is 1. The monoisotopic (exact) mass is 452 g/mol. The molecule has 0 saturated heterocycles. The Balaban J connectivity index is 1.90. The quantitative estimate of drug-likeness (QED) is 0.546. The zero-order valence-corrected chi connectivity index (χ0v) is 17.0. The van der Waals surface area contributed by atoms with Gasteiger partial charge >= 0.3 is 0 Å². The van der Waals surface area contributed by atoms with Gasteiger partial charge in [-0.15, -0.1) is 5.10 Å². The van der Waals surface area contributed by atoms with Crippen molar-refractivity contribution in [2.24, 2.45) is 5.73 Å². The lowest BCUT2D eigenvalue weighted by atomic mass is 9.82. The van der Waals surface area contributed by atoms with Crippen LogP contribution in [0.5, 0.6) is 17.4 Å². The van der Waals surface area contributed by atoms with Gasteiger partial charge in [-0.3, -0.25) is 5.10 Å². The first-order valence-corrected chi connectivity index (χ1v) is 9.70. The van der Waals surface area contributed by atoms with E-state index in [1.807, 2.05) is 31.2 Å². The Hall–Kier alpha value is -3.44. The average Bonchev–Trinajstić information content (AvgIpc) is 3.13. The van der Waals surface area contributed by atoms with Gasteiger partial charge in [-0.1, -0.05) is 15.9 Å². The van der Waals surface area contributed by atoms with E-state index in [1.165, 1.54) is 0 Å². The van der Waals surface area contributed by atoms with Gasteiger partial charge < -0.3 is 20.3 Å². The molecule has 0 aliphatic carbocycles. The molecular formula is C21H17BrN4O3. The molecule has 0 fully saturated rings. The van der Waals surface area contributed by atoms with Crippen LogP contribution < -0.4 is 15.2 Å². The maximum Gasteiger partial charge on any atom is 0.244 e. The Bertz CT molecular complexity index is 1150. The van der Waals surface area contributed by atoms with E-state index >= 15 is 0 Å². The molecule has 1 aliphatic heterocycles. The first kappa shape index (κ1) is 18.9. The summed E-state index contributed by atoms with van der Waals surface area (Å²) in [6.45, 7) is 2.50. The smallest absolute Gasteiger partial charge is 0.244 e. The van der Waals surface area contributed by atoms with Crippen LogP contribution in [0.1, 0.15) is 24.0 Å². The molecule has 0 amide bonds. The molecule has 7 nitrogen and oxygen atoms in total. The average molecular weight is 453 g/mol. The summed E-state index contributed by atoms with van der Waals surface area (Å²) in [5.74, 6) is 0.403. The number of halogens is 1. The highest BCUT2D eigenvalue weighted by atomic mass is 79.9. The number of aromatic hydroxyl groups is 1. The molecule has 2 aromatic carbocycles. The lowest BCUT2D eigenvalue weighted by Crippen LogP contribution is -2.21. The summed E-state index contributed by atoms with van der Waals surface area (Å²) in [4.78, 5) is 0. The lowest BCUT2D eigenvalue weighted by molar-refractivity contribution is 0.340.